The van der Waals surface area contributed by atoms with Crippen LogP contribution in [0.5, 0.6) is 0 Å². The number of carbonyl (C=O) groups is 2. The lowest BCUT2D eigenvalue weighted by atomic mass is 10.1. The van der Waals surface area contributed by atoms with Crippen molar-refractivity contribution >= 4 is 11.9 Å². The summed E-state index contributed by atoms with van der Waals surface area (Å²) >= 11 is 0. The van der Waals surface area contributed by atoms with E-state index in [0.29, 0.717) is 19.4 Å². The third kappa shape index (κ3) is 5.90. The normalized spacial score (nSPS) is 22.5. The van der Waals surface area contributed by atoms with E-state index in [1.165, 1.54) is 25.7 Å². The quantitative estimate of drug-likeness (QED) is 0.492. The Morgan fingerprint density at radius 1 is 0.900 bits per heavy atom. The highest BCUT2D eigenvalue weighted by Crippen LogP contribution is 2.18. The zero-order chi connectivity index (χ0) is 14.8. The first kappa shape index (κ1) is 17.0. The van der Waals surface area contributed by atoms with Crippen LogP contribution in [0.1, 0.15) is 58.3 Å². The van der Waals surface area contributed by atoms with Crippen LogP contribution in [0.15, 0.2) is 0 Å². The molecular formula is C15H27NO4. The van der Waals surface area contributed by atoms with Crippen LogP contribution in [0.3, 0.4) is 0 Å². The van der Waals surface area contributed by atoms with Gasteiger partial charge in [-0.05, 0) is 26.4 Å². The molecular weight excluding hydrogens is 258 g/mol. The minimum absolute atomic E-state index is 0.390. The molecule has 0 amide bonds. The monoisotopic (exact) mass is 285 g/mol. The molecule has 1 heterocycles. The number of rotatable bonds is 10. The van der Waals surface area contributed by atoms with Crippen LogP contribution < -0.4 is 5.32 Å². The lowest BCUT2D eigenvalue weighted by Crippen LogP contribution is -2.44. The fourth-order valence-corrected chi connectivity index (χ4v) is 2.27. The van der Waals surface area contributed by atoms with Crippen LogP contribution >= 0.6 is 0 Å². The van der Waals surface area contributed by atoms with Gasteiger partial charge >= 0.3 is 11.9 Å². The summed E-state index contributed by atoms with van der Waals surface area (Å²) in [6, 6.07) is 0. The van der Waals surface area contributed by atoms with Gasteiger partial charge in [-0.2, -0.15) is 0 Å². The van der Waals surface area contributed by atoms with Crippen molar-refractivity contribution in [3.8, 4) is 0 Å². The Balaban J connectivity index is 2.21. The number of hydrogen-bond donors (Lipinski definition) is 1. The van der Waals surface area contributed by atoms with E-state index < -0.39 is 18.2 Å². The van der Waals surface area contributed by atoms with Gasteiger partial charge in [0.2, 0.25) is 0 Å². The minimum atomic E-state index is -0.740. The Labute approximate surface area is 121 Å². The van der Waals surface area contributed by atoms with Crippen LogP contribution in [0.2, 0.25) is 0 Å². The van der Waals surface area contributed by atoms with Gasteiger partial charge in [-0.15, -0.1) is 0 Å². The van der Waals surface area contributed by atoms with Crippen molar-refractivity contribution in [1.29, 1.82) is 0 Å². The van der Waals surface area contributed by atoms with Crippen molar-refractivity contribution < 1.29 is 19.1 Å². The molecule has 0 saturated carbocycles. The number of hydrogen-bond acceptors (Lipinski definition) is 5. The third-order valence-electron chi connectivity index (χ3n) is 3.52. The van der Waals surface area contributed by atoms with E-state index in [2.05, 4.69) is 12.2 Å². The molecule has 0 aliphatic carbocycles. The van der Waals surface area contributed by atoms with Gasteiger partial charge in [0.15, 0.2) is 12.2 Å². The van der Waals surface area contributed by atoms with Gasteiger partial charge < -0.3 is 14.8 Å². The smallest absolute Gasteiger partial charge is 0.348 e. The van der Waals surface area contributed by atoms with Crippen molar-refractivity contribution in [2.45, 2.75) is 70.5 Å². The van der Waals surface area contributed by atoms with Crippen molar-refractivity contribution in [2.75, 3.05) is 13.6 Å². The number of nitrogens with one attached hydrogen (secondary N) is 1. The second kappa shape index (κ2) is 9.75. The molecule has 0 aromatic rings. The highest BCUT2D eigenvalue weighted by atomic mass is 16.6. The first-order valence-corrected chi connectivity index (χ1v) is 7.74. The molecule has 0 bridgehead atoms. The molecule has 116 valence electrons. The molecule has 1 aliphatic rings. The van der Waals surface area contributed by atoms with Crippen LogP contribution in [-0.4, -0.2) is 37.7 Å². The number of esters is 2. The Kier molecular flexibility index (Phi) is 8.26. The predicted molar refractivity (Wildman–Crippen MR) is 76.3 cm³/mol. The van der Waals surface area contributed by atoms with Crippen molar-refractivity contribution in [2.24, 2.45) is 0 Å². The SMILES string of the molecule is CCCCCCCCC1OC(=O)C(CCNC)OC1=O. The fourth-order valence-electron chi connectivity index (χ4n) is 2.27. The number of ether oxygens (including phenoxy) is 2. The van der Waals surface area contributed by atoms with E-state index >= 15 is 0 Å². The average Bonchev–Trinajstić information content (AvgIpc) is 2.44. The molecule has 2 atom stereocenters. The molecule has 0 aromatic carbocycles. The summed E-state index contributed by atoms with van der Waals surface area (Å²) in [4.78, 5) is 23.5. The Morgan fingerprint density at radius 3 is 2.05 bits per heavy atom. The van der Waals surface area contributed by atoms with Crippen LogP contribution in [0, 0.1) is 0 Å². The van der Waals surface area contributed by atoms with Gasteiger partial charge in [0.25, 0.3) is 0 Å². The molecule has 1 aliphatic heterocycles. The maximum absolute atomic E-state index is 11.8. The number of carbonyl (C=O) groups excluding carboxylic acids is 2. The van der Waals surface area contributed by atoms with Gasteiger partial charge in [-0.1, -0.05) is 39.0 Å². The largest absolute Gasteiger partial charge is 0.448 e. The molecule has 5 heteroatoms. The maximum Gasteiger partial charge on any atom is 0.348 e. The summed E-state index contributed by atoms with van der Waals surface area (Å²) in [5.74, 6) is -0.796. The predicted octanol–water partition coefficient (Wildman–Crippen LogP) is 2.18. The molecule has 0 spiro atoms. The van der Waals surface area contributed by atoms with Gasteiger partial charge in [-0.3, -0.25) is 0 Å². The Bertz CT molecular complexity index is 306. The number of cyclic esters (lactones) is 2. The summed E-state index contributed by atoms with van der Waals surface area (Å²) in [6.45, 7) is 2.80. The first-order chi connectivity index (χ1) is 9.69. The van der Waals surface area contributed by atoms with E-state index in [9.17, 15) is 9.59 Å². The minimum Gasteiger partial charge on any atom is -0.448 e. The molecule has 1 fully saturated rings. The average molecular weight is 285 g/mol. The van der Waals surface area contributed by atoms with Crippen molar-refractivity contribution in [3.05, 3.63) is 0 Å². The summed E-state index contributed by atoms with van der Waals surface area (Å²) in [5.41, 5.74) is 0. The zero-order valence-electron chi connectivity index (χ0n) is 12.7. The molecule has 5 nitrogen and oxygen atoms in total. The molecule has 1 saturated heterocycles. The summed E-state index contributed by atoms with van der Waals surface area (Å²) in [7, 11) is 1.79. The van der Waals surface area contributed by atoms with E-state index in [4.69, 9.17) is 9.47 Å². The van der Waals surface area contributed by atoms with E-state index in [1.54, 1.807) is 7.05 Å². The van der Waals surface area contributed by atoms with Crippen molar-refractivity contribution in [1.82, 2.24) is 5.32 Å². The Morgan fingerprint density at radius 2 is 1.45 bits per heavy atom. The van der Waals surface area contributed by atoms with Gasteiger partial charge in [0, 0.05) is 6.42 Å². The first-order valence-electron chi connectivity index (χ1n) is 7.74. The van der Waals surface area contributed by atoms with Gasteiger partial charge in [0.05, 0.1) is 0 Å². The highest BCUT2D eigenvalue weighted by Gasteiger charge is 2.37. The zero-order valence-corrected chi connectivity index (χ0v) is 12.7. The molecule has 20 heavy (non-hydrogen) atoms. The van der Waals surface area contributed by atoms with Crippen LogP contribution in [-0.2, 0) is 19.1 Å². The van der Waals surface area contributed by atoms with E-state index in [0.717, 1.165) is 12.8 Å². The van der Waals surface area contributed by atoms with Gasteiger partial charge in [0.1, 0.15) is 0 Å². The second-order valence-electron chi connectivity index (χ2n) is 5.30. The van der Waals surface area contributed by atoms with Gasteiger partial charge in [-0.25, -0.2) is 9.59 Å². The second-order valence-corrected chi connectivity index (χ2v) is 5.30. The topological polar surface area (TPSA) is 64.6 Å². The van der Waals surface area contributed by atoms with Crippen LogP contribution in [0.25, 0.3) is 0 Å². The fraction of sp³-hybridized carbons (Fsp3) is 0.867. The maximum atomic E-state index is 11.8. The summed E-state index contributed by atoms with van der Waals surface area (Å²) in [5, 5.41) is 2.92. The molecule has 1 N–H and O–H groups in total. The lowest BCUT2D eigenvalue weighted by Gasteiger charge is -2.27. The third-order valence-corrected chi connectivity index (χ3v) is 3.52. The lowest BCUT2D eigenvalue weighted by molar-refractivity contribution is -0.195. The number of unbranched alkanes of at least 4 members (excludes halogenated alkanes) is 5. The van der Waals surface area contributed by atoms with E-state index in [-0.39, 0.29) is 5.97 Å². The van der Waals surface area contributed by atoms with Crippen molar-refractivity contribution in [3.63, 3.8) is 0 Å². The highest BCUT2D eigenvalue weighted by molar-refractivity contribution is 5.87. The molecule has 2 unspecified atom stereocenters. The molecule has 0 radical (unpaired) electrons. The molecule has 0 aromatic heterocycles. The van der Waals surface area contributed by atoms with Crippen LogP contribution in [0.4, 0.5) is 0 Å². The summed E-state index contributed by atoms with van der Waals surface area (Å²) < 4.78 is 10.4. The van der Waals surface area contributed by atoms with E-state index in [1.807, 2.05) is 0 Å². The molecule has 1 rings (SSSR count). The summed E-state index contributed by atoms with van der Waals surface area (Å²) in [6.07, 6.45) is 6.47. The standard InChI is InChI=1S/C15H27NO4/c1-3-4-5-6-7-8-9-12-14(17)20-13(10-11-16-2)15(18)19-12/h12-13,16H,3-11H2,1-2H3. The Hall–Kier alpha value is -1.10.